The van der Waals surface area contributed by atoms with Crippen LogP contribution in [0.15, 0.2) is 46.5 Å². The minimum atomic E-state index is -3.82. The van der Waals surface area contributed by atoms with Crippen molar-refractivity contribution in [2.45, 2.75) is 35.7 Å². The number of H-pyrrole nitrogens is 1. The van der Waals surface area contributed by atoms with E-state index in [1.54, 1.807) is 30.3 Å². The SMILES string of the molecule is CCC1(C)CN(c2ncnc3c(S(=O)(=O)c4ccccc4)c(N)[nH]c23)CCO1. The highest BCUT2D eigenvalue weighted by molar-refractivity contribution is 7.92. The Hall–Kier alpha value is -2.65. The molecule has 1 fully saturated rings. The number of morpholine rings is 1. The number of fused-ring (bicyclic) bond motifs is 1. The molecule has 0 radical (unpaired) electrons. The van der Waals surface area contributed by atoms with E-state index >= 15 is 0 Å². The first-order valence-electron chi connectivity index (χ1n) is 9.17. The fourth-order valence-electron chi connectivity index (χ4n) is 3.54. The van der Waals surface area contributed by atoms with Crippen molar-refractivity contribution in [1.29, 1.82) is 0 Å². The van der Waals surface area contributed by atoms with Gasteiger partial charge in [-0.25, -0.2) is 18.4 Å². The third-order valence-electron chi connectivity index (χ3n) is 5.25. The van der Waals surface area contributed by atoms with E-state index in [9.17, 15) is 8.42 Å². The summed E-state index contributed by atoms with van der Waals surface area (Å²) >= 11 is 0. The average Bonchev–Trinajstić information content (AvgIpc) is 3.05. The molecular formula is C19H23N5O3S. The molecule has 1 saturated heterocycles. The van der Waals surface area contributed by atoms with Crippen LogP contribution in [-0.4, -0.2) is 48.7 Å². The quantitative estimate of drug-likeness (QED) is 0.690. The summed E-state index contributed by atoms with van der Waals surface area (Å²) in [6, 6.07) is 8.21. The Kier molecular flexibility index (Phi) is 4.51. The van der Waals surface area contributed by atoms with Crippen molar-refractivity contribution in [3.63, 3.8) is 0 Å². The van der Waals surface area contributed by atoms with E-state index in [1.165, 1.54) is 6.33 Å². The summed E-state index contributed by atoms with van der Waals surface area (Å²) in [5.41, 5.74) is 6.65. The Morgan fingerprint density at radius 1 is 1.29 bits per heavy atom. The molecule has 0 bridgehead atoms. The molecule has 8 nitrogen and oxygen atoms in total. The van der Waals surface area contributed by atoms with E-state index in [2.05, 4.69) is 33.7 Å². The molecule has 1 aromatic carbocycles. The minimum absolute atomic E-state index is 0.0103. The number of nitrogens with zero attached hydrogens (tertiary/aromatic N) is 3. The normalized spacial score (nSPS) is 20.6. The van der Waals surface area contributed by atoms with Crippen LogP contribution in [0.5, 0.6) is 0 Å². The molecule has 0 spiro atoms. The van der Waals surface area contributed by atoms with Gasteiger partial charge in [0, 0.05) is 13.1 Å². The van der Waals surface area contributed by atoms with E-state index in [1.807, 2.05) is 0 Å². The summed E-state index contributed by atoms with van der Waals surface area (Å²) < 4.78 is 32.2. The number of aromatic nitrogens is 3. The number of sulfone groups is 1. The second-order valence-electron chi connectivity index (χ2n) is 7.18. The highest BCUT2D eigenvalue weighted by atomic mass is 32.2. The third kappa shape index (κ3) is 3.00. The van der Waals surface area contributed by atoms with Crippen LogP contribution >= 0.6 is 0 Å². The zero-order valence-electron chi connectivity index (χ0n) is 15.8. The van der Waals surface area contributed by atoms with Crippen LogP contribution in [0.4, 0.5) is 11.6 Å². The summed E-state index contributed by atoms with van der Waals surface area (Å²) in [4.78, 5) is 13.9. The van der Waals surface area contributed by atoms with Gasteiger partial charge in [-0.2, -0.15) is 0 Å². The van der Waals surface area contributed by atoms with Gasteiger partial charge in [0.1, 0.15) is 28.1 Å². The average molecular weight is 401 g/mol. The Morgan fingerprint density at radius 3 is 2.75 bits per heavy atom. The van der Waals surface area contributed by atoms with Gasteiger partial charge in [-0.05, 0) is 25.5 Å². The summed E-state index contributed by atoms with van der Waals surface area (Å²) in [5, 5.41) is 0. The van der Waals surface area contributed by atoms with E-state index < -0.39 is 9.84 Å². The molecule has 2 aromatic heterocycles. The molecule has 1 aliphatic heterocycles. The fraction of sp³-hybridized carbons (Fsp3) is 0.368. The summed E-state index contributed by atoms with van der Waals surface area (Å²) in [7, 11) is -3.82. The number of ether oxygens (including phenoxy) is 1. The van der Waals surface area contributed by atoms with Crippen molar-refractivity contribution >= 4 is 32.5 Å². The number of nitrogen functional groups attached to an aromatic ring is 1. The number of anilines is 2. The van der Waals surface area contributed by atoms with Gasteiger partial charge < -0.3 is 20.4 Å². The largest absolute Gasteiger partial charge is 0.384 e. The van der Waals surface area contributed by atoms with Crippen LogP contribution in [0.25, 0.3) is 11.0 Å². The molecule has 4 rings (SSSR count). The highest BCUT2D eigenvalue weighted by Gasteiger charge is 2.33. The second-order valence-corrected chi connectivity index (χ2v) is 9.07. The smallest absolute Gasteiger partial charge is 0.212 e. The Balaban J connectivity index is 1.85. The molecule has 1 aliphatic rings. The number of benzene rings is 1. The number of nitrogens with one attached hydrogen (secondary N) is 1. The van der Waals surface area contributed by atoms with E-state index in [4.69, 9.17) is 10.5 Å². The number of nitrogens with two attached hydrogens (primary N) is 1. The molecule has 148 valence electrons. The monoisotopic (exact) mass is 401 g/mol. The first kappa shape index (κ1) is 18.7. The van der Waals surface area contributed by atoms with Crippen LogP contribution in [0.1, 0.15) is 20.3 Å². The Labute approximate surface area is 163 Å². The van der Waals surface area contributed by atoms with Crippen LogP contribution in [0, 0.1) is 0 Å². The second kappa shape index (κ2) is 6.75. The van der Waals surface area contributed by atoms with Gasteiger partial charge in [-0.1, -0.05) is 25.1 Å². The molecule has 9 heteroatoms. The van der Waals surface area contributed by atoms with Gasteiger partial charge in [0.25, 0.3) is 0 Å². The number of hydrogen-bond acceptors (Lipinski definition) is 7. The zero-order valence-corrected chi connectivity index (χ0v) is 16.7. The van der Waals surface area contributed by atoms with Crippen LogP contribution in [-0.2, 0) is 14.6 Å². The van der Waals surface area contributed by atoms with Gasteiger partial charge in [0.2, 0.25) is 9.84 Å². The molecule has 3 heterocycles. The topological polar surface area (TPSA) is 114 Å². The zero-order chi connectivity index (χ0) is 19.9. The van der Waals surface area contributed by atoms with Crippen molar-refractivity contribution in [3.8, 4) is 0 Å². The van der Waals surface area contributed by atoms with Gasteiger partial charge in [0.15, 0.2) is 5.82 Å². The maximum Gasteiger partial charge on any atom is 0.212 e. The maximum atomic E-state index is 13.2. The molecular weight excluding hydrogens is 378 g/mol. The molecule has 0 aliphatic carbocycles. The van der Waals surface area contributed by atoms with Crippen molar-refractivity contribution in [2.75, 3.05) is 30.3 Å². The first-order chi connectivity index (χ1) is 13.4. The lowest BCUT2D eigenvalue weighted by Crippen LogP contribution is -2.50. The highest BCUT2D eigenvalue weighted by Crippen LogP contribution is 2.36. The first-order valence-corrected chi connectivity index (χ1v) is 10.7. The Bertz CT molecular complexity index is 1110. The van der Waals surface area contributed by atoms with E-state index in [0.717, 1.165) is 6.42 Å². The predicted octanol–water partition coefficient (Wildman–Crippen LogP) is 2.38. The van der Waals surface area contributed by atoms with Crippen molar-refractivity contribution < 1.29 is 13.2 Å². The lowest BCUT2D eigenvalue weighted by Gasteiger charge is -2.40. The standard InChI is InChI=1S/C19H23N5O3S/c1-3-19(2)11-24(9-10-27-19)18-15-14(21-12-22-18)16(17(20)23-15)28(25,26)13-7-5-4-6-8-13/h4-8,12,23H,3,9-11,20H2,1-2H3. The molecule has 3 aromatic rings. The van der Waals surface area contributed by atoms with Crippen LogP contribution in [0.3, 0.4) is 0 Å². The number of aromatic amines is 1. The van der Waals surface area contributed by atoms with Crippen molar-refractivity contribution in [3.05, 3.63) is 36.7 Å². The van der Waals surface area contributed by atoms with Gasteiger partial charge in [-0.15, -0.1) is 0 Å². The molecule has 28 heavy (non-hydrogen) atoms. The summed E-state index contributed by atoms with van der Waals surface area (Å²) in [6.07, 6.45) is 2.24. The van der Waals surface area contributed by atoms with Gasteiger partial charge >= 0.3 is 0 Å². The number of rotatable bonds is 4. The predicted molar refractivity (Wildman–Crippen MR) is 107 cm³/mol. The lowest BCUT2D eigenvalue weighted by atomic mass is 10.0. The molecule has 1 unspecified atom stereocenters. The molecule has 0 saturated carbocycles. The molecule has 1 atom stereocenters. The summed E-state index contributed by atoms with van der Waals surface area (Å²) in [5.74, 6) is 0.696. The maximum absolute atomic E-state index is 13.2. The summed E-state index contributed by atoms with van der Waals surface area (Å²) in [6.45, 7) is 6.01. The van der Waals surface area contributed by atoms with E-state index in [0.29, 0.717) is 36.5 Å². The Morgan fingerprint density at radius 2 is 2.04 bits per heavy atom. The number of hydrogen-bond donors (Lipinski definition) is 2. The lowest BCUT2D eigenvalue weighted by molar-refractivity contribution is -0.0442. The van der Waals surface area contributed by atoms with E-state index in [-0.39, 0.29) is 21.2 Å². The van der Waals surface area contributed by atoms with Crippen LogP contribution in [0.2, 0.25) is 0 Å². The van der Waals surface area contributed by atoms with Crippen molar-refractivity contribution in [1.82, 2.24) is 15.0 Å². The fourth-order valence-corrected chi connectivity index (χ4v) is 5.04. The van der Waals surface area contributed by atoms with Gasteiger partial charge in [0.05, 0.1) is 17.1 Å². The van der Waals surface area contributed by atoms with Gasteiger partial charge in [-0.3, -0.25) is 0 Å². The van der Waals surface area contributed by atoms with Crippen molar-refractivity contribution in [2.24, 2.45) is 0 Å². The molecule has 3 N–H and O–H groups in total. The molecule has 0 amide bonds. The third-order valence-corrected chi connectivity index (χ3v) is 7.10. The van der Waals surface area contributed by atoms with Crippen LogP contribution < -0.4 is 10.6 Å². The minimum Gasteiger partial charge on any atom is -0.384 e.